The molecule has 1 nitrogen and oxygen atoms in total. The minimum Gasteiger partial charge on any atom is -0.480 e. The lowest BCUT2D eigenvalue weighted by atomic mass is 10.2. The molecule has 1 rings (SSSR count). The van der Waals surface area contributed by atoms with Gasteiger partial charge in [0.15, 0.2) is 0 Å². The summed E-state index contributed by atoms with van der Waals surface area (Å²) in [6, 6.07) is 7.93. The maximum absolute atomic E-state index is 5.36. The lowest BCUT2D eigenvalue weighted by molar-refractivity contribution is 0.310. The van der Waals surface area contributed by atoms with E-state index in [2.05, 4.69) is 12.6 Å². The van der Waals surface area contributed by atoms with Crippen molar-refractivity contribution in [1.82, 2.24) is 0 Å². The van der Waals surface area contributed by atoms with Crippen LogP contribution in [0.4, 0.5) is 0 Å². The highest BCUT2D eigenvalue weighted by Gasteiger charge is 1.96. The first kappa shape index (κ1) is 8.47. The zero-order chi connectivity index (χ0) is 8.27. The van der Waals surface area contributed by atoms with Gasteiger partial charge in [-0.1, -0.05) is 12.1 Å². The highest BCUT2D eigenvalue weighted by Crippen LogP contribution is 2.14. The zero-order valence-electron chi connectivity index (χ0n) is 6.74. The lowest BCUT2D eigenvalue weighted by Gasteiger charge is -2.08. The number of thiol groups is 1. The fourth-order valence-electron chi connectivity index (χ4n) is 0.886. The van der Waals surface area contributed by atoms with Crippen molar-refractivity contribution in [3.63, 3.8) is 0 Å². The van der Waals surface area contributed by atoms with Crippen LogP contribution in [0, 0.1) is 6.92 Å². The van der Waals surface area contributed by atoms with Gasteiger partial charge in [0.05, 0.1) is 0 Å². The van der Waals surface area contributed by atoms with E-state index in [1.54, 1.807) is 0 Å². The molecule has 0 bridgehead atoms. The normalized spacial score (nSPS) is 12.6. The molecule has 1 atom stereocenters. The Morgan fingerprint density at radius 1 is 1.45 bits per heavy atom. The Kier molecular flexibility index (Phi) is 2.83. The quantitative estimate of drug-likeness (QED) is 0.527. The Morgan fingerprint density at radius 3 is 2.73 bits per heavy atom. The van der Waals surface area contributed by atoms with Gasteiger partial charge in [-0.3, -0.25) is 0 Å². The van der Waals surface area contributed by atoms with Crippen molar-refractivity contribution in [3.8, 4) is 5.75 Å². The minimum absolute atomic E-state index is 0.0446. The Balaban J connectivity index is 2.71. The van der Waals surface area contributed by atoms with E-state index < -0.39 is 0 Å². The molecular weight excluding hydrogens is 156 g/mol. The molecule has 0 aliphatic carbocycles. The molecule has 0 N–H and O–H groups in total. The summed E-state index contributed by atoms with van der Waals surface area (Å²) < 4.78 is 5.36. The van der Waals surface area contributed by atoms with E-state index in [-0.39, 0.29) is 5.44 Å². The van der Waals surface area contributed by atoms with Crippen molar-refractivity contribution in [2.45, 2.75) is 19.3 Å². The van der Waals surface area contributed by atoms with Gasteiger partial charge in [0, 0.05) is 0 Å². The summed E-state index contributed by atoms with van der Waals surface area (Å²) in [6.07, 6.45) is 0. The van der Waals surface area contributed by atoms with Gasteiger partial charge in [-0.15, -0.1) is 12.6 Å². The minimum atomic E-state index is -0.0446. The van der Waals surface area contributed by atoms with Crippen molar-refractivity contribution in [3.05, 3.63) is 29.8 Å². The summed E-state index contributed by atoms with van der Waals surface area (Å²) in [5.74, 6) is 0.882. The molecule has 0 heterocycles. The summed E-state index contributed by atoms with van der Waals surface area (Å²) in [5.41, 5.74) is 1.16. The second kappa shape index (κ2) is 3.67. The van der Waals surface area contributed by atoms with E-state index in [0.29, 0.717) is 0 Å². The van der Waals surface area contributed by atoms with Crippen LogP contribution in [-0.4, -0.2) is 5.44 Å². The van der Waals surface area contributed by atoms with Crippen LogP contribution < -0.4 is 4.74 Å². The van der Waals surface area contributed by atoms with E-state index in [9.17, 15) is 0 Å². The maximum atomic E-state index is 5.36. The third-order valence-electron chi connectivity index (χ3n) is 1.30. The third-order valence-corrected chi connectivity index (χ3v) is 1.40. The molecule has 1 aromatic carbocycles. The Hall–Kier alpha value is -0.630. The van der Waals surface area contributed by atoms with Crippen LogP contribution in [0.2, 0.25) is 0 Å². The first-order valence-corrected chi connectivity index (χ1v) is 4.11. The molecule has 0 spiro atoms. The molecule has 1 aromatic rings. The molecule has 1 unspecified atom stereocenters. The van der Waals surface area contributed by atoms with Gasteiger partial charge in [0.1, 0.15) is 11.2 Å². The topological polar surface area (TPSA) is 9.23 Å². The molecule has 0 saturated heterocycles. The highest BCUT2D eigenvalue weighted by atomic mass is 32.1. The Morgan fingerprint density at radius 2 is 2.18 bits per heavy atom. The molecule has 60 valence electrons. The first-order chi connectivity index (χ1) is 5.18. The zero-order valence-corrected chi connectivity index (χ0v) is 7.64. The number of hydrogen-bond acceptors (Lipinski definition) is 2. The molecule has 0 fully saturated rings. The smallest absolute Gasteiger partial charge is 0.138 e. The maximum Gasteiger partial charge on any atom is 0.138 e. The molecule has 0 radical (unpaired) electrons. The van der Waals surface area contributed by atoms with E-state index in [4.69, 9.17) is 4.74 Å². The van der Waals surface area contributed by atoms with Crippen LogP contribution in [0.25, 0.3) is 0 Å². The Bertz CT molecular complexity index is 233. The van der Waals surface area contributed by atoms with Gasteiger partial charge in [0.25, 0.3) is 0 Å². The number of ether oxygens (including phenoxy) is 1. The van der Waals surface area contributed by atoms with Gasteiger partial charge < -0.3 is 4.74 Å². The monoisotopic (exact) mass is 168 g/mol. The molecule has 2 heteroatoms. The van der Waals surface area contributed by atoms with Crippen LogP contribution >= 0.6 is 12.6 Å². The first-order valence-electron chi connectivity index (χ1n) is 3.60. The van der Waals surface area contributed by atoms with Crippen LogP contribution in [-0.2, 0) is 0 Å². The third kappa shape index (κ3) is 2.85. The van der Waals surface area contributed by atoms with Crippen molar-refractivity contribution in [1.29, 1.82) is 0 Å². The molecule has 11 heavy (non-hydrogen) atoms. The predicted molar refractivity (Wildman–Crippen MR) is 50.3 cm³/mol. The molecule has 0 saturated carbocycles. The van der Waals surface area contributed by atoms with Gasteiger partial charge >= 0.3 is 0 Å². The van der Waals surface area contributed by atoms with E-state index >= 15 is 0 Å². The average Bonchev–Trinajstić information content (AvgIpc) is 1.85. The van der Waals surface area contributed by atoms with E-state index in [1.807, 2.05) is 38.1 Å². The van der Waals surface area contributed by atoms with Crippen molar-refractivity contribution >= 4 is 12.6 Å². The van der Waals surface area contributed by atoms with Crippen LogP contribution in [0.3, 0.4) is 0 Å². The summed E-state index contributed by atoms with van der Waals surface area (Å²) in [7, 11) is 0. The van der Waals surface area contributed by atoms with Gasteiger partial charge in [0.2, 0.25) is 0 Å². The standard InChI is InChI=1S/C9H12OS/c1-7-4-3-5-9(6-7)10-8(2)11/h3-6,8,11H,1-2H3. The number of benzene rings is 1. The van der Waals surface area contributed by atoms with Gasteiger partial charge in [-0.25, -0.2) is 0 Å². The fraction of sp³-hybridized carbons (Fsp3) is 0.333. The molecule has 0 aromatic heterocycles. The molecule has 0 aliphatic rings. The van der Waals surface area contributed by atoms with Gasteiger partial charge in [-0.05, 0) is 31.5 Å². The summed E-state index contributed by atoms with van der Waals surface area (Å²) in [5, 5.41) is 0. The van der Waals surface area contributed by atoms with Crippen LogP contribution in [0.15, 0.2) is 24.3 Å². The fourth-order valence-corrected chi connectivity index (χ4v) is 1.01. The predicted octanol–water partition coefficient (Wildman–Crippen LogP) is 2.65. The molecule has 0 amide bonds. The average molecular weight is 168 g/mol. The van der Waals surface area contributed by atoms with E-state index in [0.717, 1.165) is 5.75 Å². The Labute approximate surface area is 72.8 Å². The van der Waals surface area contributed by atoms with E-state index in [1.165, 1.54) is 5.56 Å². The van der Waals surface area contributed by atoms with Crippen molar-refractivity contribution < 1.29 is 4.74 Å². The number of aryl methyl sites for hydroxylation is 1. The van der Waals surface area contributed by atoms with Crippen LogP contribution in [0.1, 0.15) is 12.5 Å². The second-order valence-corrected chi connectivity index (χ2v) is 3.26. The number of rotatable bonds is 2. The lowest BCUT2D eigenvalue weighted by Crippen LogP contribution is -2.02. The summed E-state index contributed by atoms with van der Waals surface area (Å²) >= 11 is 4.12. The van der Waals surface area contributed by atoms with Crippen molar-refractivity contribution in [2.24, 2.45) is 0 Å². The second-order valence-electron chi connectivity index (χ2n) is 2.53. The SMILES string of the molecule is Cc1cccc(OC(C)S)c1. The largest absolute Gasteiger partial charge is 0.480 e. The summed E-state index contributed by atoms with van der Waals surface area (Å²) in [4.78, 5) is 0. The van der Waals surface area contributed by atoms with Gasteiger partial charge in [-0.2, -0.15) is 0 Å². The highest BCUT2D eigenvalue weighted by molar-refractivity contribution is 7.80. The molecule has 0 aliphatic heterocycles. The van der Waals surface area contributed by atoms with Crippen LogP contribution in [0.5, 0.6) is 5.75 Å². The van der Waals surface area contributed by atoms with Crippen molar-refractivity contribution in [2.75, 3.05) is 0 Å². The molecular formula is C9H12OS. The number of hydrogen-bond donors (Lipinski definition) is 1. The summed E-state index contributed by atoms with van der Waals surface area (Å²) in [6.45, 7) is 3.93.